The summed E-state index contributed by atoms with van der Waals surface area (Å²) in [5.41, 5.74) is 2.55. The van der Waals surface area contributed by atoms with E-state index in [0.29, 0.717) is 0 Å². The summed E-state index contributed by atoms with van der Waals surface area (Å²) in [6, 6.07) is 3.10. The van der Waals surface area contributed by atoms with Crippen LogP contribution in [0.2, 0.25) is 0 Å². The minimum absolute atomic E-state index is 0. The molecule has 0 spiro atoms. The van der Waals surface area contributed by atoms with Crippen molar-refractivity contribution < 1.29 is 56.8 Å². The fraction of sp³-hybridized carbons (Fsp3) is 0.167. The summed E-state index contributed by atoms with van der Waals surface area (Å²) in [4.78, 5) is 0. The number of rotatable bonds is 0. The van der Waals surface area contributed by atoms with E-state index in [1.54, 1.807) is 0 Å². The number of benzene rings is 2. The zero-order chi connectivity index (χ0) is 24.3. The first-order valence-corrected chi connectivity index (χ1v) is 8.93. The molecule has 0 amide bonds. The van der Waals surface area contributed by atoms with Crippen molar-refractivity contribution in [3.8, 4) is 0 Å². The van der Waals surface area contributed by atoms with Crippen LogP contribution < -0.4 is 0 Å². The van der Waals surface area contributed by atoms with Gasteiger partial charge in [-0.15, -0.1) is 25.0 Å². The molecule has 0 N–H and O–H groups in total. The van der Waals surface area contributed by atoms with Crippen LogP contribution in [0.1, 0.15) is 26.7 Å². The summed E-state index contributed by atoms with van der Waals surface area (Å²) < 4.78 is 95.5. The van der Waals surface area contributed by atoms with Gasteiger partial charge in [-0.25, -0.2) is 49.6 Å². The second kappa shape index (κ2) is 15.4. The Labute approximate surface area is 201 Å². The molecule has 0 aliphatic heterocycles. The van der Waals surface area contributed by atoms with Crippen molar-refractivity contribution in [2.75, 3.05) is 0 Å². The van der Waals surface area contributed by atoms with Crippen LogP contribution >= 0.6 is 0 Å². The van der Waals surface area contributed by atoms with Crippen LogP contribution in [0.5, 0.6) is 0 Å². The van der Waals surface area contributed by atoms with Crippen molar-refractivity contribution in [2.24, 2.45) is 0 Å². The molecular formula is C24H16F8Ti. The maximum atomic E-state index is 12.0. The Balaban J connectivity index is 0.000000420. The monoisotopic (exact) mass is 504 g/mol. The Morgan fingerprint density at radius 2 is 0.939 bits per heavy atom. The number of hydrogen-bond donors (Lipinski definition) is 0. The predicted octanol–water partition coefficient (Wildman–Crippen LogP) is 7.48. The first kappa shape index (κ1) is 30.6. The molecule has 0 saturated carbocycles. The van der Waals surface area contributed by atoms with Crippen LogP contribution in [0.4, 0.5) is 35.1 Å². The molecule has 0 unspecified atom stereocenters. The summed E-state index contributed by atoms with van der Waals surface area (Å²) >= 11 is 0. The fourth-order valence-electron chi connectivity index (χ4n) is 1.98. The molecule has 2 aromatic carbocycles. The Bertz CT molecular complexity index is 904. The number of hydrogen-bond acceptors (Lipinski definition) is 0. The van der Waals surface area contributed by atoms with Crippen LogP contribution in [-0.2, 0) is 21.7 Å². The quantitative estimate of drug-likeness (QED) is 0.115. The van der Waals surface area contributed by atoms with E-state index < -0.39 is 46.5 Å². The van der Waals surface area contributed by atoms with Gasteiger partial charge in [-0.3, -0.25) is 20.9 Å². The molecule has 0 atom stereocenters. The molecule has 4 rings (SSSR count). The average Bonchev–Trinajstić information content (AvgIpc) is 3.39. The molecule has 2 aromatic rings. The van der Waals surface area contributed by atoms with E-state index in [-0.39, 0.29) is 33.9 Å². The van der Waals surface area contributed by atoms with Crippen LogP contribution in [0, 0.1) is 70.8 Å². The third-order valence-corrected chi connectivity index (χ3v) is 3.50. The molecule has 9 heteroatoms. The van der Waals surface area contributed by atoms with E-state index in [9.17, 15) is 35.1 Å². The molecular weight excluding hydrogens is 488 g/mol. The molecule has 0 fully saturated rings. The first-order valence-electron chi connectivity index (χ1n) is 8.93. The Morgan fingerprint density at radius 3 is 1.12 bits per heavy atom. The maximum Gasteiger partial charge on any atom is 4.00 e. The zero-order valence-electron chi connectivity index (χ0n) is 17.4. The first-order chi connectivity index (χ1) is 15.0. The van der Waals surface area contributed by atoms with Crippen LogP contribution in [0.3, 0.4) is 0 Å². The maximum absolute atomic E-state index is 12.0. The SMILES string of the molecule is CC1=[C-]CC=C1.CC1=[C-]CC=C1.Fc1[c-]c(F)c(F)c(F)c1.Fc1[c-]c(F)c(F)c(F)c1.[Ti+4]. The van der Waals surface area contributed by atoms with Gasteiger partial charge in [0.25, 0.3) is 0 Å². The van der Waals surface area contributed by atoms with Crippen molar-refractivity contribution in [3.63, 3.8) is 0 Å². The minimum Gasteiger partial charge on any atom is -0.278 e. The van der Waals surface area contributed by atoms with Crippen molar-refractivity contribution in [1.29, 1.82) is 0 Å². The molecule has 172 valence electrons. The zero-order valence-corrected chi connectivity index (χ0v) is 19.0. The molecule has 0 radical (unpaired) electrons. The van der Waals surface area contributed by atoms with E-state index in [4.69, 9.17) is 0 Å². The van der Waals surface area contributed by atoms with Crippen LogP contribution in [-0.4, -0.2) is 0 Å². The molecule has 0 nitrogen and oxygen atoms in total. The van der Waals surface area contributed by atoms with Gasteiger partial charge in [0.05, 0.1) is 34.9 Å². The van der Waals surface area contributed by atoms with E-state index in [1.807, 2.05) is 0 Å². The molecule has 0 bridgehead atoms. The minimum atomic E-state index is -1.71. The summed E-state index contributed by atoms with van der Waals surface area (Å²) in [5, 5.41) is 0. The van der Waals surface area contributed by atoms with Gasteiger partial charge in [0.15, 0.2) is 0 Å². The van der Waals surface area contributed by atoms with Crippen LogP contribution in [0.25, 0.3) is 0 Å². The van der Waals surface area contributed by atoms with E-state index in [2.05, 4.69) is 50.3 Å². The second-order valence-electron chi connectivity index (χ2n) is 6.12. The third-order valence-electron chi connectivity index (χ3n) is 3.50. The molecule has 0 aromatic heterocycles. The van der Waals surface area contributed by atoms with Gasteiger partial charge in [-0.2, -0.15) is 12.2 Å². The average molecular weight is 504 g/mol. The van der Waals surface area contributed by atoms with E-state index in [1.165, 1.54) is 23.3 Å². The Kier molecular flexibility index (Phi) is 14.3. The van der Waals surface area contributed by atoms with Gasteiger partial charge >= 0.3 is 21.7 Å². The molecule has 2 aliphatic rings. The summed E-state index contributed by atoms with van der Waals surface area (Å²) in [7, 11) is 0. The Morgan fingerprint density at radius 1 is 0.606 bits per heavy atom. The fourth-order valence-corrected chi connectivity index (χ4v) is 1.98. The number of halogens is 8. The van der Waals surface area contributed by atoms with Gasteiger partial charge in [0.2, 0.25) is 0 Å². The van der Waals surface area contributed by atoms with Gasteiger partial charge in [-0.1, -0.05) is 26.0 Å². The predicted molar refractivity (Wildman–Crippen MR) is 103 cm³/mol. The van der Waals surface area contributed by atoms with Crippen molar-refractivity contribution in [1.82, 2.24) is 0 Å². The third kappa shape index (κ3) is 11.8. The molecule has 0 heterocycles. The van der Waals surface area contributed by atoms with E-state index in [0.717, 1.165) is 12.8 Å². The largest absolute Gasteiger partial charge is 4.00 e. The normalized spacial score (nSPS) is 12.8. The topological polar surface area (TPSA) is 0 Å². The Hall–Kier alpha value is -2.45. The summed E-state index contributed by atoms with van der Waals surface area (Å²) in [6.07, 6.45) is 16.7. The second-order valence-corrected chi connectivity index (χ2v) is 6.12. The van der Waals surface area contributed by atoms with E-state index >= 15 is 0 Å². The van der Waals surface area contributed by atoms with Gasteiger partial charge in [0, 0.05) is 11.6 Å². The summed E-state index contributed by atoms with van der Waals surface area (Å²) in [6.45, 7) is 4.12. The van der Waals surface area contributed by atoms with Crippen molar-refractivity contribution >= 4 is 0 Å². The van der Waals surface area contributed by atoms with Gasteiger partial charge in [-0.05, 0) is 0 Å². The summed E-state index contributed by atoms with van der Waals surface area (Å²) in [5.74, 6) is -12.3. The number of allylic oxidation sites excluding steroid dienone is 8. The van der Waals surface area contributed by atoms with Gasteiger partial charge < -0.3 is 0 Å². The smallest absolute Gasteiger partial charge is 0.278 e. The molecule has 2 aliphatic carbocycles. The van der Waals surface area contributed by atoms with Crippen molar-refractivity contribution in [2.45, 2.75) is 26.7 Å². The standard InChI is InChI=1S/2C6HF4.2C6H7.Ti/c2*7-3-1-4(8)6(10)5(9)2-3;2*1-6-4-2-3-5-6;/h2*1H;2*2,4H,3H2,1H3;/q4*-1;+4. The van der Waals surface area contributed by atoms with Crippen molar-refractivity contribution in [3.05, 3.63) is 118 Å². The molecule has 0 saturated heterocycles. The molecule has 33 heavy (non-hydrogen) atoms. The van der Waals surface area contributed by atoms with Gasteiger partial charge in [0.1, 0.15) is 0 Å². The van der Waals surface area contributed by atoms with Crippen LogP contribution in [0.15, 0.2) is 47.6 Å².